The Morgan fingerprint density at radius 1 is 0.724 bits per heavy atom. The molecule has 6 nitrogen and oxygen atoms in total. The van der Waals surface area contributed by atoms with Gasteiger partial charge in [-0.2, -0.15) is 0 Å². The fourth-order valence-corrected chi connectivity index (χ4v) is 2.71. The van der Waals surface area contributed by atoms with Crippen molar-refractivity contribution in [3.05, 3.63) is 67.3 Å². The third-order valence-electron chi connectivity index (χ3n) is 3.87. The van der Waals surface area contributed by atoms with Crippen LogP contribution in [0, 0.1) is 29.1 Å². The lowest BCUT2D eigenvalue weighted by Crippen LogP contribution is -2.10. The number of halogens is 3. The van der Waals surface area contributed by atoms with Crippen molar-refractivity contribution in [3.8, 4) is 0 Å². The van der Waals surface area contributed by atoms with Gasteiger partial charge in [0.05, 0.1) is 38.0 Å². The number of benzene rings is 2. The van der Waals surface area contributed by atoms with E-state index in [4.69, 9.17) is 0 Å². The van der Waals surface area contributed by atoms with Gasteiger partial charge in [-0.05, 0) is 71.8 Å². The third-order valence-corrected chi connectivity index (χ3v) is 4.99. The van der Waals surface area contributed by atoms with Gasteiger partial charge in [-0.15, -0.1) is 0 Å². The number of hydrogen-bond donors (Lipinski definition) is 0. The minimum atomic E-state index is -0.705. The average Bonchev–Trinajstić information content (AvgIpc) is 2.71. The van der Waals surface area contributed by atoms with Crippen molar-refractivity contribution in [2.45, 2.75) is 13.8 Å². The molecule has 2 aromatic rings. The molecule has 0 unspecified atom stereocenters. The van der Waals surface area contributed by atoms with Crippen LogP contribution in [0.5, 0.6) is 0 Å². The number of methoxy groups -OCH3 is 3. The van der Waals surface area contributed by atoms with E-state index in [9.17, 15) is 23.2 Å². The number of ether oxygens (including phenoxy) is 3. The van der Waals surface area contributed by atoms with Gasteiger partial charge in [0.1, 0.15) is 11.6 Å². The molecule has 2 rings (SSSR count). The van der Waals surface area contributed by atoms with Crippen molar-refractivity contribution in [2.75, 3.05) is 21.3 Å². The number of rotatable bonds is 3. The van der Waals surface area contributed by atoms with Crippen molar-refractivity contribution in [1.82, 2.24) is 0 Å². The van der Waals surface area contributed by atoms with Crippen molar-refractivity contribution < 1.29 is 37.4 Å². The van der Waals surface area contributed by atoms with Gasteiger partial charge >= 0.3 is 17.9 Å². The molecule has 9 heteroatoms. The van der Waals surface area contributed by atoms with E-state index < -0.39 is 23.7 Å². The molecule has 0 heterocycles. The van der Waals surface area contributed by atoms with Gasteiger partial charge < -0.3 is 14.2 Å². The summed E-state index contributed by atoms with van der Waals surface area (Å²) in [6.07, 6.45) is 0. The molecular weight excluding hydrogens is 501 g/mol. The van der Waals surface area contributed by atoms with Gasteiger partial charge in [0, 0.05) is 3.57 Å². The van der Waals surface area contributed by atoms with Crippen LogP contribution in [0.3, 0.4) is 0 Å². The molecule has 0 fully saturated rings. The molecule has 0 saturated carbocycles. The Kier molecular flexibility index (Phi) is 9.15. The predicted molar refractivity (Wildman–Crippen MR) is 109 cm³/mol. The van der Waals surface area contributed by atoms with E-state index in [-0.39, 0.29) is 28.1 Å². The lowest BCUT2D eigenvalue weighted by Gasteiger charge is -2.07. The van der Waals surface area contributed by atoms with Gasteiger partial charge in [0.25, 0.3) is 0 Å². The highest BCUT2D eigenvalue weighted by molar-refractivity contribution is 14.1. The van der Waals surface area contributed by atoms with Crippen LogP contribution in [0.25, 0.3) is 0 Å². The molecule has 0 amide bonds. The summed E-state index contributed by atoms with van der Waals surface area (Å²) in [4.78, 5) is 33.5. The van der Waals surface area contributed by atoms with Crippen molar-refractivity contribution in [2.24, 2.45) is 0 Å². The zero-order valence-electron chi connectivity index (χ0n) is 16.4. The maximum absolute atomic E-state index is 13.4. The van der Waals surface area contributed by atoms with Crippen molar-refractivity contribution in [1.29, 1.82) is 0 Å². The first-order valence-electron chi connectivity index (χ1n) is 8.08. The SMILES string of the molecule is COC(=O)c1cc(F)c(C)c(C(=O)OC)c1.COC(=O)c1cc(F)c(C)c(I)c1. The Hall–Kier alpha value is -2.56. The van der Waals surface area contributed by atoms with Crippen LogP contribution in [0.2, 0.25) is 0 Å². The monoisotopic (exact) mass is 520 g/mol. The van der Waals surface area contributed by atoms with Gasteiger partial charge in [0.2, 0.25) is 0 Å². The number of esters is 3. The van der Waals surface area contributed by atoms with E-state index in [2.05, 4.69) is 14.2 Å². The highest BCUT2D eigenvalue weighted by Gasteiger charge is 2.17. The molecule has 0 aliphatic heterocycles. The summed E-state index contributed by atoms with van der Waals surface area (Å²) in [5, 5.41) is 0. The smallest absolute Gasteiger partial charge is 0.338 e. The minimum absolute atomic E-state index is 0.0166. The molecule has 0 saturated heterocycles. The Morgan fingerprint density at radius 2 is 1.14 bits per heavy atom. The standard InChI is InChI=1S/C11H11FO4.C9H8FIO2/c1-6-8(11(14)16-3)4-7(5-9(6)12)10(13)15-2;1-5-7(10)3-6(4-8(5)11)9(12)13-2/h4-5H,1-3H3;3-4H,1-2H3. The van der Waals surface area contributed by atoms with E-state index in [1.807, 2.05) is 22.6 Å². The molecule has 0 spiro atoms. The van der Waals surface area contributed by atoms with E-state index >= 15 is 0 Å². The maximum atomic E-state index is 13.4. The largest absolute Gasteiger partial charge is 0.465 e. The second kappa shape index (κ2) is 10.8. The summed E-state index contributed by atoms with van der Waals surface area (Å²) < 4.78 is 40.7. The molecule has 0 N–H and O–H groups in total. The Labute approximate surface area is 180 Å². The molecule has 0 atom stereocenters. The topological polar surface area (TPSA) is 78.9 Å². The molecule has 0 aliphatic carbocycles. The zero-order valence-corrected chi connectivity index (χ0v) is 18.6. The molecular formula is C20H19F2IO6. The Balaban J connectivity index is 0.000000296. The number of hydrogen-bond acceptors (Lipinski definition) is 6. The first-order valence-corrected chi connectivity index (χ1v) is 9.15. The lowest BCUT2D eigenvalue weighted by molar-refractivity contribution is 0.0586. The first kappa shape index (κ1) is 24.5. The quantitative estimate of drug-likeness (QED) is 0.343. The van der Waals surface area contributed by atoms with E-state index in [0.717, 1.165) is 9.64 Å². The van der Waals surface area contributed by atoms with Crippen LogP contribution in [-0.2, 0) is 14.2 Å². The first-order chi connectivity index (χ1) is 13.6. The maximum Gasteiger partial charge on any atom is 0.338 e. The van der Waals surface area contributed by atoms with E-state index in [1.165, 1.54) is 40.4 Å². The number of carbonyl (C=O) groups is 3. The molecule has 2 aromatic carbocycles. The molecule has 156 valence electrons. The summed E-state index contributed by atoms with van der Waals surface area (Å²) >= 11 is 1.98. The normalized spacial score (nSPS) is 9.79. The average molecular weight is 520 g/mol. The van der Waals surface area contributed by atoms with Gasteiger partial charge in [0.15, 0.2) is 0 Å². The second-order valence-corrected chi connectivity index (χ2v) is 6.83. The zero-order chi connectivity index (χ0) is 22.3. The molecule has 0 aromatic heterocycles. The van der Waals surface area contributed by atoms with Crippen LogP contribution < -0.4 is 0 Å². The van der Waals surface area contributed by atoms with Crippen LogP contribution >= 0.6 is 22.6 Å². The molecule has 0 radical (unpaired) electrons. The summed E-state index contributed by atoms with van der Waals surface area (Å²) in [5.74, 6) is -2.95. The Bertz CT molecular complexity index is 920. The molecule has 0 aliphatic rings. The highest BCUT2D eigenvalue weighted by atomic mass is 127. The van der Waals surface area contributed by atoms with Gasteiger partial charge in [-0.1, -0.05) is 0 Å². The fraction of sp³-hybridized carbons (Fsp3) is 0.250. The van der Waals surface area contributed by atoms with Crippen LogP contribution in [0.4, 0.5) is 8.78 Å². The highest BCUT2D eigenvalue weighted by Crippen LogP contribution is 2.18. The Morgan fingerprint density at radius 3 is 1.55 bits per heavy atom. The van der Waals surface area contributed by atoms with Crippen LogP contribution in [-0.4, -0.2) is 39.2 Å². The fourth-order valence-electron chi connectivity index (χ4n) is 2.12. The van der Waals surface area contributed by atoms with E-state index in [0.29, 0.717) is 5.56 Å². The predicted octanol–water partition coefficient (Wildman–Crippen LogP) is 4.23. The summed E-state index contributed by atoms with van der Waals surface area (Å²) in [7, 11) is 3.63. The second-order valence-electron chi connectivity index (χ2n) is 5.67. The molecule has 29 heavy (non-hydrogen) atoms. The van der Waals surface area contributed by atoms with Crippen LogP contribution in [0.15, 0.2) is 24.3 Å². The number of carbonyl (C=O) groups excluding carboxylic acids is 3. The van der Waals surface area contributed by atoms with Crippen molar-refractivity contribution >= 4 is 40.5 Å². The van der Waals surface area contributed by atoms with Crippen molar-refractivity contribution in [3.63, 3.8) is 0 Å². The van der Waals surface area contributed by atoms with E-state index in [1.54, 1.807) is 13.0 Å². The summed E-state index contributed by atoms with van der Waals surface area (Å²) in [5.41, 5.74) is 0.927. The molecule has 0 bridgehead atoms. The van der Waals surface area contributed by atoms with Gasteiger partial charge in [-0.3, -0.25) is 0 Å². The van der Waals surface area contributed by atoms with Gasteiger partial charge in [-0.25, -0.2) is 23.2 Å². The minimum Gasteiger partial charge on any atom is -0.465 e. The summed E-state index contributed by atoms with van der Waals surface area (Å²) in [6.45, 7) is 3.10. The summed E-state index contributed by atoms with van der Waals surface area (Å²) in [6, 6.07) is 5.05. The third kappa shape index (κ3) is 6.21. The lowest BCUT2D eigenvalue weighted by atomic mass is 10.0. The van der Waals surface area contributed by atoms with Crippen LogP contribution in [0.1, 0.15) is 42.2 Å².